The fraction of sp³-hybridized carbons (Fsp3) is 0. The van der Waals surface area contributed by atoms with Crippen LogP contribution < -0.4 is 11.1 Å². The minimum atomic E-state index is 0.406. The van der Waals surface area contributed by atoms with Crippen LogP contribution in [-0.2, 0) is 0 Å². The van der Waals surface area contributed by atoms with Crippen LogP contribution in [0.5, 0.6) is 0 Å². The molecule has 0 amide bonds. The lowest BCUT2D eigenvalue weighted by atomic mass is 10.2. The van der Waals surface area contributed by atoms with Crippen molar-refractivity contribution in [2.75, 3.05) is 11.1 Å². The molecule has 0 heterocycles. The van der Waals surface area contributed by atoms with Crippen LogP contribution in [0.15, 0.2) is 30.3 Å². The number of anilines is 3. The summed E-state index contributed by atoms with van der Waals surface area (Å²) in [7, 11) is 0. The summed E-state index contributed by atoms with van der Waals surface area (Å²) >= 11 is 23.6. The second-order valence-corrected chi connectivity index (χ2v) is 5.32. The normalized spacial score (nSPS) is 10.4. The summed E-state index contributed by atoms with van der Waals surface area (Å²) in [4.78, 5) is 0. The first-order valence-corrected chi connectivity index (χ1v) is 6.44. The highest BCUT2D eigenvalue weighted by molar-refractivity contribution is 6.42. The van der Waals surface area contributed by atoms with E-state index in [0.29, 0.717) is 31.5 Å². The molecule has 0 aliphatic rings. The number of hydrogen-bond acceptors (Lipinski definition) is 2. The van der Waals surface area contributed by atoms with Gasteiger partial charge in [0.2, 0.25) is 0 Å². The van der Waals surface area contributed by atoms with Crippen molar-refractivity contribution in [2.24, 2.45) is 0 Å². The molecular weight excluding hydrogens is 314 g/mol. The van der Waals surface area contributed by atoms with Gasteiger partial charge < -0.3 is 11.1 Å². The number of benzene rings is 2. The van der Waals surface area contributed by atoms with E-state index in [9.17, 15) is 0 Å². The molecule has 2 aromatic carbocycles. The number of nitrogen functional groups attached to an aromatic ring is 1. The molecule has 0 fully saturated rings. The van der Waals surface area contributed by atoms with E-state index in [4.69, 9.17) is 52.1 Å². The first-order chi connectivity index (χ1) is 8.45. The molecule has 94 valence electrons. The molecule has 18 heavy (non-hydrogen) atoms. The highest BCUT2D eigenvalue weighted by atomic mass is 35.5. The predicted octanol–water partition coefficient (Wildman–Crippen LogP) is 5.63. The zero-order chi connectivity index (χ0) is 13.3. The van der Waals surface area contributed by atoms with Crippen molar-refractivity contribution in [2.45, 2.75) is 0 Å². The van der Waals surface area contributed by atoms with Crippen molar-refractivity contribution in [3.05, 3.63) is 50.4 Å². The molecule has 0 unspecified atom stereocenters. The first kappa shape index (κ1) is 13.6. The monoisotopic (exact) mass is 320 g/mol. The summed E-state index contributed by atoms with van der Waals surface area (Å²) in [6, 6.07) is 8.34. The average Bonchev–Trinajstić information content (AvgIpc) is 2.24. The van der Waals surface area contributed by atoms with E-state index in [2.05, 4.69) is 5.32 Å². The van der Waals surface area contributed by atoms with Gasteiger partial charge in [-0.2, -0.15) is 0 Å². The Bertz CT molecular complexity index is 579. The van der Waals surface area contributed by atoms with Crippen LogP contribution in [0.2, 0.25) is 20.1 Å². The first-order valence-electron chi connectivity index (χ1n) is 4.93. The lowest BCUT2D eigenvalue weighted by molar-refractivity contribution is 1.54. The Hall–Kier alpha value is -0.800. The van der Waals surface area contributed by atoms with E-state index in [1.165, 1.54) is 0 Å². The molecule has 0 aliphatic heterocycles. The Kier molecular flexibility index (Phi) is 4.13. The van der Waals surface area contributed by atoms with Crippen molar-refractivity contribution in [1.82, 2.24) is 0 Å². The second-order valence-electron chi connectivity index (χ2n) is 3.64. The summed E-state index contributed by atoms with van der Waals surface area (Å²) in [5.41, 5.74) is 7.69. The molecule has 0 aromatic heterocycles. The molecule has 0 spiro atoms. The third-order valence-corrected chi connectivity index (χ3v) is 3.39. The highest BCUT2D eigenvalue weighted by Crippen LogP contribution is 2.33. The Morgan fingerprint density at radius 2 is 1.33 bits per heavy atom. The lowest BCUT2D eigenvalue weighted by Crippen LogP contribution is -1.96. The minimum absolute atomic E-state index is 0.406. The maximum absolute atomic E-state index is 5.93. The van der Waals surface area contributed by atoms with Gasteiger partial charge >= 0.3 is 0 Å². The van der Waals surface area contributed by atoms with Gasteiger partial charge in [-0.1, -0.05) is 46.4 Å². The van der Waals surface area contributed by atoms with E-state index in [1.54, 1.807) is 30.3 Å². The quantitative estimate of drug-likeness (QED) is 0.704. The second kappa shape index (κ2) is 5.45. The van der Waals surface area contributed by atoms with E-state index < -0.39 is 0 Å². The van der Waals surface area contributed by atoms with Crippen LogP contribution in [0.4, 0.5) is 17.1 Å². The molecule has 0 saturated heterocycles. The third kappa shape index (κ3) is 3.15. The summed E-state index contributed by atoms with van der Waals surface area (Å²) in [6.45, 7) is 0. The minimum Gasteiger partial charge on any atom is -0.397 e. The fourth-order valence-electron chi connectivity index (χ4n) is 1.45. The van der Waals surface area contributed by atoms with Crippen molar-refractivity contribution in [3.8, 4) is 0 Å². The van der Waals surface area contributed by atoms with E-state index in [-0.39, 0.29) is 0 Å². The standard InChI is InChI=1S/C12H8Cl4N2/c13-6-1-7(14)3-8(2-6)18-12-5-10(16)9(15)4-11(12)17/h1-5,18H,17H2. The van der Waals surface area contributed by atoms with Gasteiger partial charge in [-0.15, -0.1) is 0 Å². The lowest BCUT2D eigenvalue weighted by Gasteiger charge is -2.11. The molecule has 0 bridgehead atoms. The van der Waals surface area contributed by atoms with Crippen molar-refractivity contribution < 1.29 is 0 Å². The van der Waals surface area contributed by atoms with E-state index in [0.717, 1.165) is 5.69 Å². The molecular formula is C12H8Cl4N2. The van der Waals surface area contributed by atoms with Crippen LogP contribution in [0, 0.1) is 0 Å². The Labute approximate surface area is 125 Å². The summed E-state index contributed by atoms with van der Waals surface area (Å²) in [6.07, 6.45) is 0. The molecule has 3 N–H and O–H groups in total. The van der Waals surface area contributed by atoms with Gasteiger partial charge in [0.05, 0.1) is 21.4 Å². The van der Waals surface area contributed by atoms with Gasteiger partial charge in [0.15, 0.2) is 0 Å². The zero-order valence-corrected chi connectivity index (χ0v) is 12.0. The summed E-state index contributed by atoms with van der Waals surface area (Å²) in [5, 5.41) is 4.97. The smallest absolute Gasteiger partial charge is 0.0633 e. The number of rotatable bonds is 2. The molecule has 6 heteroatoms. The predicted molar refractivity (Wildman–Crippen MR) is 80.6 cm³/mol. The van der Waals surface area contributed by atoms with Crippen LogP contribution in [-0.4, -0.2) is 0 Å². The number of nitrogens with two attached hydrogens (primary N) is 1. The van der Waals surface area contributed by atoms with Crippen molar-refractivity contribution in [1.29, 1.82) is 0 Å². The van der Waals surface area contributed by atoms with E-state index >= 15 is 0 Å². The maximum atomic E-state index is 5.93. The van der Waals surface area contributed by atoms with Crippen molar-refractivity contribution in [3.63, 3.8) is 0 Å². The molecule has 2 aromatic rings. The fourth-order valence-corrected chi connectivity index (χ4v) is 2.31. The maximum Gasteiger partial charge on any atom is 0.0633 e. The average molecular weight is 322 g/mol. The van der Waals surface area contributed by atoms with Crippen molar-refractivity contribution >= 4 is 63.5 Å². The number of nitrogens with one attached hydrogen (secondary N) is 1. The SMILES string of the molecule is Nc1cc(Cl)c(Cl)cc1Nc1cc(Cl)cc(Cl)c1. The molecule has 2 rings (SSSR count). The largest absolute Gasteiger partial charge is 0.397 e. The third-order valence-electron chi connectivity index (χ3n) is 2.23. The van der Waals surface area contributed by atoms with Crippen LogP contribution >= 0.6 is 46.4 Å². The Morgan fingerprint density at radius 1 is 0.778 bits per heavy atom. The summed E-state index contributed by atoms with van der Waals surface area (Å²) < 4.78 is 0. The van der Waals surface area contributed by atoms with Gasteiger partial charge in [0.1, 0.15) is 0 Å². The van der Waals surface area contributed by atoms with Gasteiger partial charge in [0.25, 0.3) is 0 Å². The molecule has 2 nitrogen and oxygen atoms in total. The van der Waals surface area contributed by atoms with Gasteiger partial charge in [-0.25, -0.2) is 0 Å². The molecule has 0 aliphatic carbocycles. The Morgan fingerprint density at radius 3 is 1.94 bits per heavy atom. The van der Waals surface area contributed by atoms with Gasteiger partial charge in [-0.05, 0) is 30.3 Å². The van der Waals surface area contributed by atoms with Crippen LogP contribution in [0.25, 0.3) is 0 Å². The van der Waals surface area contributed by atoms with Crippen LogP contribution in [0.3, 0.4) is 0 Å². The van der Waals surface area contributed by atoms with Gasteiger partial charge in [-0.3, -0.25) is 0 Å². The Balaban J connectivity index is 2.36. The highest BCUT2D eigenvalue weighted by Gasteiger charge is 2.06. The van der Waals surface area contributed by atoms with Gasteiger partial charge in [0, 0.05) is 15.7 Å². The summed E-state index contributed by atoms with van der Waals surface area (Å²) in [5.74, 6) is 0. The molecule has 0 atom stereocenters. The van der Waals surface area contributed by atoms with E-state index in [1.807, 2.05) is 0 Å². The molecule has 0 saturated carbocycles. The number of hydrogen-bond donors (Lipinski definition) is 2. The number of halogens is 4. The van der Waals surface area contributed by atoms with Crippen LogP contribution in [0.1, 0.15) is 0 Å². The topological polar surface area (TPSA) is 38.0 Å². The zero-order valence-electron chi connectivity index (χ0n) is 8.98. The molecule has 0 radical (unpaired) electrons.